The summed E-state index contributed by atoms with van der Waals surface area (Å²) in [6.07, 6.45) is 5.45. The Bertz CT molecular complexity index is 1400. The Morgan fingerprint density at radius 3 is 2.93 bits per heavy atom. The summed E-state index contributed by atoms with van der Waals surface area (Å²) in [6, 6.07) is 6.14. The highest BCUT2D eigenvalue weighted by Gasteiger charge is 2.16. The van der Waals surface area contributed by atoms with Crippen LogP contribution in [0.15, 0.2) is 45.4 Å². The summed E-state index contributed by atoms with van der Waals surface area (Å²) in [6.45, 7) is 0.573. The number of fused-ring (bicyclic) bond motifs is 3. The number of aromatic nitrogens is 4. The lowest BCUT2D eigenvalue weighted by Gasteiger charge is -2.11. The fraction of sp³-hybridized carbons (Fsp3) is 0.286. The largest absolute Gasteiger partial charge is 0.456 e. The smallest absolute Gasteiger partial charge is 0.338 e. The lowest BCUT2D eigenvalue weighted by Crippen LogP contribution is -2.24. The van der Waals surface area contributed by atoms with Gasteiger partial charge in [0.25, 0.3) is 11.1 Å². The van der Waals surface area contributed by atoms with E-state index in [1.165, 1.54) is 21.8 Å². The first-order chi connectivity index (χ1) is 14.6. The van der Waals surface area contributed by atoms with Gasteiger partial charge < -0.3 is 4.74 Å². The topological polar surface area (TPSA) is 95.6 Å². The van der Waals surface area contributed by atoms with Crippen LogP contribution in [0, 0.1) is 0 Å². The predicted octanol–water partition coefficient (Wildman–Crippen LogP) is 2.55. The van der Waals surface area contributed by atoms with E-state index in [2.05, 4.69) is 9.97 Å². The molecule has 0 saturated carbocycles. The first kappa shape index (κ1) is 18.7. The summed E-state index contributed by atoms with van der Waals surface area (Å²) in [5.74, 6) is 0.214. The van der Waals surface area contributed by atoms with Crippen LogP contribution in [0.2, 0.25) is 0 Å². The van der Waals surface area contributed by atoms with Crippen molar-refractivity contribution in [1.29, 1.82) is 0 Å². The van der Waals surface area contributed by atoms with Crippen molar-refractivity contribution in [2.75, 3.05) is 0 Å². The van der Waals surface area contributed by atoms with Crippen LogP contribution in [-0.4, -0.2) is 24.9 Å². The number of carbonyl (C=O) groups excluding carboxylic acids is 1. The number of carbonyl (C=O) groups is 1. The summed E-state index contributed by atoms with van der Waals surface area (Å²) >= 11 is 1.33. The van der Waals surface area contributed by atoms with Crippen molar-refractivity contribution in [1.82, 2.24) is 18.9 Å². The van der Waals surface area contributed by atoms with E-state index in [-0.39, 0.29) is 17.7 Å². The summed E-state index contributed by atoms with van der Waals surface area (Å²) < 4.78 is 8.54. The molecule has 0 bridgehead atoms. The molecule has 152 valence electrons. The van der Waals surface area contributed by atoms with E-state index in [0.29, 0.717) is 33.7 Å². The molecule has 0 spiro atoms. The van der Waals surface area contributed by atoms with Gasteiger partial charge in [-0.2, -0.15) is 0 Å². The molecule has 1 aromatic carbocycles. The first-order valence-electron chi connectivity index (χ1n) is 9.76. The summed E-state index contributed by atoms with van der Waals surface area (Å²) in [5.41, 5.74) is 0.910. The Hall–Kier alpha value is -3.33. The Balaban J connectivity index is 1.41. The van der Waals surface area contributed by atoms with Crippen LogP contribution in [0.1, 0.15) is 41.1 Å². The number of rotatable bonds is 3. The molecule has 1 aliphatic heterocycles. The van der Waals surface area contributed by atoms with E-state index in [9.17, 15) is 14.4 Å². The Morgan fingerprint density at radius 2 is 2.03 bits per heavy atom. The maximum absolute atomic E-state index is 12.8. The van der Waals surface area contributed by atoms with Gasteiger partial charge in [-0.15, -0.1) is 11.3 Å². The molecular weight excluding hydrogens is 404 g/mol. The molecule has 4 heterocycles. The van der Waals surface area contributed by atoms with Crippen molar-refractivity contribution >= 4 is 33.2 Å². The van der Waals surface area contributed by atoms with Crippen LogP contribution >= 0.6 is 11.3 Å². The van der Waals surface area contributed by atoms with Crippen LogP contribution in [-0.2, 0) is 24.3 Å². The van der Waals surface area contributed by atoms with Crippen molar-refractivity contribution in [2.45, 2.75) is 38.8 Å². The highest BCUT2D eigenvalue weighted by atomic mass is 32.1. The lowest BCUT2D eigenvalue weighted by molar-refractivity contribution is 0.0468. The van der Waals surface area contributed by atoms with Gasteiger partial charge in [0.2, 0.25) is 0 Å². The zero-order valence-corrected chi connectivity index (χ0v) is 16.9. The van der Waals surface area contributed by atoms with Crippen LogP contribution < -0.4 is 11.1 Å². The number of thiazole rings is 1. The molecule has 0 fully saturated rings. The number of hydrogen-bond acceptors (Lipinski definition) is 7. The molecule has 0 amide bonds. The van der Waals surface area contributed by atoms with Crippen LogP contribution in [0.3, 0.4) is 0 Å². The number of hydrogen-bond donors (Lipinski definition) is 0. The van der Waals surface area contributed by atoms with Gasteiger partial charge in [0, 0.05) is 30.6 Å². The fourth-order valence-corrected chi connectivity index (χ4v) is 4.47. The normalized spacial score (nSPS) is 13.9. The van der Waals surface area contributed by atoms with Gasteiger partial charge in [-0.25, -0.2) is 14.8 Å². The Morgan fingerprint density at radius 1 is 1.13 bits per heavy atom. The second-order valence-electron chi connectivity index (χ2n) is 7.24. The van der Waals surface area contributed by atoms with Gasteiger partial charge in [0.15, 0.2) is 4.96 Å². The molecule has 3 aromatic heterocycles. The molecule has 0 radical (unpaired) electrons. The number of benzene rings is 1. The average molecular weight is 422 g/mol. The molecule has 9 heteroatoms. The zero-order chi connectivity index (χ0) is 20.7. The van der Waals surface area contributed by atoms with E-state index in [0.717, 1.165) is 31.5 Å². The van der Waals surface area contributed by atoms with E-state index in [1.54, 1.807) is 34.3 Å². The SMILES string of the molecule is O=C(OCc1cc(=O)n2ccsc2n1)c1ccc2c(=O)n3c(nc2c1)CCCCC3. The third-order valence-corrected chi connectivity index (χ3v) is 6.02. The summed E-state index contributed by atoms with van der Waals surface area (Å²) in [5, 5.41) is 2.26. The van der Waals surface area contributed by atoms with Gasteiger partial charge >= 0.3 is 5.97 Å². The monoisotopic (exact) mass is 422 g/mol. The van der Waals surface area contributed by atoms with Crippen LogP contribution in [0.25, 0.3) is 15.9 Å². The molecule has 1 aliphatic rings. The maximum Gasteiger partial charge on any atom is 0.338 e. The van der Waals surface area contributed by atoms with E-state index in [1.807, 2.05) is 0 Å². The number of ether oxygens (including phenoxy) is 1. The van der Waals surface area contributed by atoms with Crippen molar-refractivity contribution in [3.63, 3.8) is 0 Å². The highest BCUT2D eigenvalue weighted by molar-refractivity contribution is 7.15. The van der Waals surface area contributed by atoms with Crippen molar-refractivity contribution < 1.29 is 9.53 Å². The molecule has 0 atom stereocenters. The van der Waals surface area contributed by atoms with Crippen molar-refractivity contribution in [2.24, 2.45) is 0 Å². The number of esters is 1. The number of nitrogens with zero attached hydrogens (tertiary/aromatic N) is 4. The first-order valence-corrected chi connectivity index (χ1v) is 10.6. The minimum atomic E-state index is -0.554. The minimum Gasteiger partial charge on any atom is -0.456 e. The zero-order valence-electron chi connectivity index (χ0n) is 16.0. The molecule has 0 aliphatic carbocycles. The van der Waals surface area contributed by atoms with Gasteiger partial charge in [-0.1, -0.05) is 6.42 Å². The molecule has 5 rings (SSSR count). The standard InChI is InChI=1S/C21H18N4O4S/c26-18-11-14(22-21-25(18)8-9-30-21)12-29-20(28)13-5-6-15-16(10-13)23-17-4-2-1-3-7-24(17)19(15)27/h5-6,8-11H,1-4,7,12H2. The quantitative estimate of drug-likeness (QED) is 0.471. The van der Waals surface area contributed by atoms with Gasteiger partial charge in [-0.3, -0.25) is 18.6 Å². The lowest BCUT2D eigenvalue weighted by atomic mass is 10.1. The van der Waals surface area contributed by atoms with Gasteiger partial charge in [0.1, 0.15) is 12.4 Å². The van der Waals surface area contributed by atoms with Gasteiger partial charge in [-0.05, 0) is 31.0 Å². The molecular formula is C21H18N4O4S. The second kappa shape index (κ2) is 7.49. The molecule has 4 aromatic rings. The van der Waals surface area contributed by atoms with E-state index in [4.69, 9.17) is 4.74 Å². The molecule has 0 saturated heterocycles. The van der Waals surface area contributed by atoms with Crippen LogP contribution in [0.4, 0.5) is 0 Å². The Labute approximate surface area is 174 Å². The molecule has 30 heavy (non-hydrogen) atoms. The predicted molar refractivity (Wildman–Crippen MR) is 112 cm³/mol. The van der Waals surface area contributed by atoms with Gasteiger partial charge in [0.05, 0.1) is 22.2 Å². The molecule has 0 unspecified atom stereocenters. The van der Waals surface area contributed by atoms with Crippen molar-refractivity contribution in [3.8, 4) is 0 Å². The average Bonchev–Trinajstić information content (AvgIpc) is 3.10. The minimum absolute atomic E-state index is 0.0641. The summed E-state index contributed by atoms with van der Waals surface area (Å²) in [7, 11) is 0. The Kier molecular flexibility index (Phi) is 4.66. The molecule has 0 N–H and O–H groups in total. The van der Waals surface area contributed by atoms with E-state index >= 15 is 0 Å². The highest BCUT2D eigenvalue weighted by Crippen LogP contribution is 2.17. The molecule has 8 nitrogen and oxygen atoms in total. The number of aryl methyl sites for hydroxylation is 1. The van der Waals surface area contributed by atoms with Crippen molar-refractivity contribution in [3.05, 3.63) is 73.6 Å². The summed E-state index contributed by atoms with van der Waals surface area (Å²) in [4.78, 5) is 46.9. The third kappa shape index (κ3) is 3.30. The second-order valence-corrected chi connectivity index (χ2v) is 8.12. The van der Waals surface area contributed by atoms with E-state index < -0.39 is 5.97 Å². The fourth-order valence-electron chi connectivity index (χ4n) is 3.73. The third-order valence-electron chi connectivity index (χ3n) is 5.26. The van der Waals surface area contributed by atoms with Crippen LogP contribution in [0.5, 0.6) is 0 Å². The maximum atomic E-state index is 12.8.